The van der Waals surface area contributed by atoms with Crippen LogP contribution in [0.15, 0.2) is 72.8 Å². The molecule has 0 fully saturated rings. The second-order valence-electron chi connectivity index (χ2n) is 6.65. The Hall–Kier alpha value is -2.20. The molecule has 1 heterocycles. The third-order valence-corrected chi connectivity index (χ3v) is 5.78. The number of thiol groups is 1. The van der Waals surface area contributed by atoms with Gasteiger partial charge in [0.2, 0.25) is 5.12 Å². The van der Waals surface area contributed by atoms with Crippen LogP contribution in [0.25, 0.3) is 10.9 Å². The summed E-state index contributed by atoms with van der Waals surface area (Å²) in [7, 11) is 0. The van der Waals surface area contributed by atoms with Crippen LogP contribution in [-0.4, -0.2) is 9.68 Å². The number of para-hydroxylation sites is 1. The molecule has 0 N–H and O–H groups in total. The van der Waals surface area contributed by atoms with Crippen molar-refractivity contribution in [2.45, 2.75) is 13.0 Å². The molecule has 0 aliphatic rings. The van der Waals surface area contributed by atoms with Crippen molar-refractivity contribution in [1.82, 2.24) is 4.57 Å². The van der Waals surface area contributed by atoms with Crippen LogP contribution >= 0.6 is 35.8 Å². The minimum absolute atomic E-state index is 0.248. The monoisotopic (exact) mass is 425 g/mol. The summed E-state index contributed by atoms with van der Waals surface area (Å²) in [6.45, 7) is 0.508. The van der Waals surface area contributed by atoms with Crippen molar-refractivity contribution < 1.29 is 4.79 Å². The van der Waals surface area contributed by atoms with E-state index in [1.807, 2.05) is 53.1 Å². The summed E-state index contributed by atoms with van der Waals surface area (Å²) >= 11 is 16.4. The smallest absolute Gasteiger partial charge is 0.233 e. The predicted molar refractivity (Wildman–Crippen MR) is 120 cm³/mol. The van der Waals surface area contributed by atoms with E-state index in [4.69, 9.17) is 23.2 Å². The maximum atomic E-state index is 12.6. The Bertz CT molecular complexity index is 1170. The van der Waals surface area contributed by atoms with Gasteiger partial charge in [-0.3, -0.25) is 4.79 Å². The third-order valence-electron chi connectivity index (χ3n) is 4.83. The molecule has 4 aromatic rings. The van der Waals surface area contributed by atoms with Crippen LogP contribution in [0.2, 0.25) is 10.0 Å². The van der Waals surface area contributed by atoms with Gasteiger partial charge in [0.15, 0.2) is 0 Å². The van der Waals surface area contributed by atoms with Gasteiger partial charge in [-0.05, 0) is 34.9 Å². The summed E-state index contributed by atoms with van der Waals surface area (Å²) in [6.07, 6.45) is 0.664. The van der Waals surface area contributed by atoms with Crippen LogP contribution in [0.3, 0.4) is 0 Å². The molecule has 3 aromatic carbocycles. The summed E-state index contributed by atoms with van der Waals surface area (Å²) in [6, 6.07) is 23.7. The second kappa shape index (κ2) is 8.04. The van der Waals surface area contributed by atoms with Crippen molar-refractivity contribution in [1.29, 1.82) is 0 Å². The molecule has 0 saturated carbocycles. The van der Waals surface area contributed by atoms with Gasteiger partial charge in [0, 0.05) is 23.9 Å². The summed E-state index contributed by atoms with van der Waals surface area (Å²) in [5, 5.41) is 1.82. The lowest BCUT2D eigenvalue weighted by Gasteiger charge is -2.11. The molecular formula is C23H17Cl2NOS. The molecule has 2 nitrogen and oxygen atoms in total. The van der Waals surface area contributed by atoms with Crippen LogP contribution in [0.4, 0.5) is 0 Å². The van der Waals surface area contributed by atoms with Gasteiger partial charge in [-0.25, -0.2) is 0 Å². The van der Waals surface area contributed by atoms with Crippen molar-refractivity contribution >= 4 is 51.8 Å². The van der Waals surface area contributed by atoms with Gasteiger partial charge in [-0.15, -0.1) is 0 Å². The Morgan fingerprint density at radius 1 is 0.857 bits per heavy atom. The molecule has 0 radical (unpaired) electrons. The van der Waals surface area contributed by atoms with Crippen molar-refractivity contribution in [3.63, 3.8) is 0 Å². The summed E-state index contributed by atoms with van der Waals surface area (Å²) in [5.41, 5.74) is 4.71. The molecule has 4 rings (SSSR count). The van der Waals surface area contributed by atoms with Gasteiger partial charge in [-0.1, -0.05) is 90.4 Å². The number of halogens is 2. The Morgan fingerprint density at radius 2 is 1.57 bits per heavy atom. The topological polar surface area (TPSA) is 22.0 Å². The van der Waals surface area contributed by atoms with Crippen LogP contribution in [-0.2, 0) is 13.0 Å². The summed E-state index contributed by atoms with van der Waals surface area (Å²) in [4.78, 5) is 12.6. The summed E-state index contributed by atoms with van der Waals surface area (Å²) in [5.74, 6) is 0. The van der Waals surface area contributed by atoms with E-state index in [-0.39, 0.29) is 5.12 Å². The fourth-order valence-electron chi connectivity index (χ4n) is 3.58. The number of aromatic nitrogens is 1. The SMILES string of the molecule is O=C(S)c1c(Cc2ccccc2)c2ccccc2n1Cc1ccc(Cl)c(Cl)c1. The Labute approximate surface area is 179 Å². The number of carbonyl (C=O) groups excluding carboxylic acids is 1. The van der Waals surface area contributed by atoms with Crippen molar-refractivity contribution in [2.75, 3.05) is 0 Å². The maximum Gasteiger partial charge on any atom is 0.233 e. The predicted octanol–water partition coefficient (Wildman–Crippen LogP) is 6.66. The average molecular weight is 426 g/mol. The quantitative estimate of drug-likeness (QED) is 0.354. The number of rotatable bonds is 5. The van der Waals surface area contributed by atoms with Gasteiger partial charge in [0.25, 0.3) is 0 Å². The van der Waals surface area contributed by atoms with Crippen LogP contribution < -0.4 is 0 Å². The standard InChI is InChI=1S/C23H17Cl2NOS/c24-19-11-10-16(13-20(19)25)14-26-21-9-5-4-8-17(21)18(22(26)23(27)28)12-15-6-2-1-3-7-15/h1-11,13H,12,14H2,(H,27,28). The molecule has 0 spiro atoms. The Morgan fingerprint density at radius 3 is 2.29 bits per heavy atom. The first kappa shape index (κ1) is 19.1. The zero-order valence-corrected chi connectivity index (χ0v) is 17.3. The number of benzene rings is 3. The lowest BCUT2D eigenvalue weighted by Crippen LogP contribution is -2.09. The minimum atomic E-state index is -0.248. The first-order valence-corrected chi connectivity index (χ1v) is 10.1. The summed E-state index contributed by atoms with van der Waals surface area (Å²) < 4.78 is 2.02. The number of fused-ring (bicyclic) bond motifs is 1. The molecule has 0 amide bonds. The average Bonchev–Trinajstić information content (AvgIpc) is 2.99. The van der Waals surface area contributed by atoms with E-state index < -0.39 is 0 Å². The van der Waals surface area contributed by atoms with Crippen LogP contribution in [0.5, 0.6) is 0 Å². The minimum Gasteiger partial charge on any atom is -0.333 e. The molecule has 1 aromatic heterocycles. The Kier molecular flexibility index (Phi) is 5.49. The second-order valence-corrected chi connectivity index (χ2v) is 7.87. The molecule has 0 atom stereocenters. The highest BCUT2D eigenvalue weighted by Gasteiger charge is 2.21. The van der Waals surface area contributed by atoms with E-state index in [0.29, 0.717) is 28.7 Å². The third kappa shape index (κ3) is 3.70. The highest BCUT2D eigenvalue weighted by molar-refractivity contribution is 7.97. The molecule has 28 heavy (non-hydrogen) atoms. The molecule has 5 heteroatoms. The lowest BCUT2D eigenvalue weighted by molar-refractivity contribution is 0.108. The number of hydrogen-bond donors (Lipinski definition) is 1. The number of carbonyl (C=O) groups is 1. The van der Waals surface area contributed by atoms with Gasteiger partial charge in [-0.2, -0.15) is 0 Å². The van der Waals surface area contributed by atoms with Gasteiger partial charge in [0.1, 0.15) is 5.69 Å². The lowest BCUT2D eigenvalue weighted by atomic mass is 10.0. The highest BCUT2D eigenvalue weighted by atomic mass is 35.5. The van der Waals surface area contributed by atoms with Crippen LogP contribution in [0.1, 0.15) is 27.2 Å². The molecule has 0 bridgehead atoms. The number of hydrogen-bond acceptors (Lipinski definition) is 1. The first-order chi connectivity index (χ1) is 13.5. The molecule has 0 aliphatic heterocycles. The molecule has 0 unspecified atom stereocenters. The molecule has 140 valence electrons. The van der Waals surface area contributed by atoms with Gasteiger partial charge >= 0.3 is 0 Å². The van der Waals surface area contributed by atoms with Gasteiger partial charge < -0.3 is 4.57 Å². The van der Waals surface area contributed by atoms with Crippen molar-refractivity contribution in [2.24, 2.45) is 0 Å². The fraction of sp³-hybridized carbons (Fsp3) is 0.0870. The highest BCUT2D eigenvalue weighted by Crippen LogP contribution is 2.31. The fourth-order valence-corrected chi connectivity index (χ4v) is 4.16. The zero-order chi connectivity index (χ0) is 19.7. The van der Waals surface area contributed by atoms with E-state index in [9.17, 15) is 4.79 Å². The maximum absolute atomic E-state index is 12.6. The zero-order valence-electron chi connectivity index (χ0n) is 14.9. The van der Waals surface area contributed by atoms with E-state index in [1.165, 1.54) is 0 Å². The van der Waals surface area contributed by atoms with Crippen molar-refractivity contribution in [3.8, 4) is 0 Å². The first-order valence-electron chi connectivity index (χ1n) is 8.86. The number of nitrogens with zero attached hydrogens (tertiary/aromatic N) is 1. The molecular weight excluding hydrogens is 409 g/mol. The van der Waals surface area contributed by atoms with Crippen LogP contribution in [0, 0.1) is 0 Å². The van der Waals surface area contributed by atoms with E-state index in [0.717, 1.165) is 27.6 Å². The molecule has 0 aliphatic carbocycles. The largest absolute Gasteiger partial charge is 0.333 e. The Balaban J connectivity index is 1.89. The van der Waals surface area contributed by atoms with E-state index in [1.54, 1.807) is 6.07 Å². The van der Waals surface area contributed by atoms with E-state index >= 15 is 0 Å². The molecule has 0 saturated heterocycles. The van der Waals surface area contributed by atoms with E-state index in [2.05, 4.69) is 30.8 Å². The van der Waals surface area contributed by atoms with Gasteiger partial charge in [0.05, 0.1) is 10.0 Å². The van der Waals surface area contributed by atoms with Crippen molar-refractivity contribution in [3.05, 3.63) is 105 Å². The normalized spacial score (nSPS) is 11.1.